The monoisotopic (exact) mass is 757 g/mol. The lowest BCUT2D eigenvalue weighted by molar-refractivity contribution is -0.154. The van der Waals surface area contributed by atoms with Crippen LogP contribution in [-0.4, -0.2) is 37.0 Å². The van der Waals surface area contributed by atoms with Crippen molar-refractivity contribution >= 4 is 5.97 Å². The first-order valence-corrected chi connectivity index (χ1v) is 23.7. The molecule has 0 amide bonds. The highest BCUT2D eigenvalue weighted by atomic mass is 16.6. The van der Waals surface area contributed by atoms with Crippen molar-refractivity contribution < 1.29 is 19.4 Å². The first kappa shape index (κ1) is 52.3. The fourth-order valence-corrected chi connectivity index (χ4v) is 6.91. The van der Waals surface area contributed by atoms with Gasteiger partial charge in [0.2, 0.25) is 0 Å². The zero-order valence-corrected chi connectivity index (χ0v) is 36.2. The molecule has 1 N–H and O–H groups in total. The molecule has 1 atom stereocenters. The molecule has 0 spiro atoms. The zero-order valence-electron chi connectivity index (χ0n) is 36.2. The van der Waals surface area contributed by atoms with Crippen molar-refractivity contribution in [3.63, 3.8) is 0 Å². The Morgan fingerprint density at radius 1 is 0.463 bits per heavy atom. The lowest BCUT2D eigenvalue weighted by Crippen LogP contribution is -2.27. The number of carbonyl (C=O) groups excluding carboxylic acids is 1. The molecule has 0 aromatic heterocycles. The second-order valence-electron chi connectivity index (χ2n) is 15.8. The predicted molar refractivity (Wildman–Crippen MR) is 237 cm³/mol. The van der Waals surface area contributed by atoms with Crippen LogP contribution in [0.5, 0.6) is 0 Å². The largest absolute Gasteiger partial charge is 0.457 e. The van der Waals surface area contributed by atoms with E-state index in [2.05, 4.69) is 62.5 Å². The second-order valence-corrected chi connectivity index (χ2v) is 15.8. The van der Waals surface area contributed by atoms with Crippen LogP contribution in [0.2, 0.25) is 0 Å². The number of hydrogen-bond acceptors (Lipinski definition) is 4. The highest BCUT2D eigenvalue weighted by molar-refractivity contribution is 5.69. The van der Waals surface area contributed by atoms with E-state index >= 15 is 0 Å². The maximum Gasteiger partial charge on any atom is 0.306 e. The van der Waals surface area contributed by atoms with E-state index < -0.39 is 6.10 Å². The number of aliphatic hydroxyl groups excluding tert-OH is 1. The van der Waals surface area contributed by atoms with Crippen molar-refractivity contribution in [2.24, 2.45) is 0 Å². The van der Waals surface area contributed by atoms with Gasteiger partial charge in [-0.3, -0.25) is 4.79 Å². The number of rotatable bonds is 44. The number of unbranched alkanes of at least 4 members (excludes halogenated alkanes) is 28. The SMILES string of the molecule is CC/C=C\C/C=C\C/C=C\C/C=C\CCCCCCCCC(=O)OC(CO)COCCCCCCCCCCCCCCCCCCCCCCCCC. The van der Waals surface area contributed by atoms with Crippen LogP contribution in [0.1, 0.15) is 239 Å². The fourth-order valence-electron chi connectivity index (χ4n) is 6.91. The van der Waals surface area contributed by atoms with Crippen molar-refractivity contribution in [1.82, 2.24) is 0 Å². The highest BCUT2D eigenvalue weighted by Gasteiger charge is 2.13. The van der Waals surface area contributed by atoms with Crippen LogP contribution < -0.4 is 0 Å². The fraction of sp³-hybridized carbons (Fsp3) is 0.820. The topological polar surface area (TPSA) is 55.8 Å². The number of aliphatic hydroxyl groups is 1. The van der Waals surface area contributed by atoms with Gasteiger partial charge < -0.3 is 14.6 Å². The van der Waals surface area contributed by atoms with Gasteiger partial charge in [-0.15, -0.1) is 0 Å². The summed E-state index contributed by atoms with van der Waals surface area (Å²) in [5.74, 6) is -0.212. The molecule has 4 heteroatoms. The number of carbonyl (C=O) groups is 1. The standard InChI is InChI=1S/C50H92O4/c1-3-5-7-9-11-13-15-17-19-21-23-24-25-26-28-30-32-34-36-38-40-42-44-46-53-48-49(47-51)54-50(52)45-43-41-39-37-35-33-31-29-27-22-20-18-16-14-12-10-8-6-4-2/h6,8,12,14,18,20,27,29,49,51H,3-5,7,9-11,13,15-17,19,21-26,28,30-48H2,1-2H3/b8-6-,14-12-,20-18-,29-27-. The van der Waals surface area contributed by atoms with E-state index in [-0.39, 0.29) is 12.6 Å². The van der Waals surface area contributed by atoms with Gasteiger partial charge in [-0.05, 0) is 51.4 Å². The molecule has 0 aromatic rings. The second kappa shape index (κ2) is 47.5. The molecule has 0 aromatic carbocycles. The summed E-state index contributed by atoms with van der Waals surface area (Å²) in [6.07, 6.45) is 61.9. The minimum Gasteiger partial charge on any atom is -0.457 e. The van der Waals surface area contributed by atoms with Gasteiger partial charge in [0, 0.05) is 13.0 Å². The van der Waals surface area contributed by atoms with Gasteiger partial charge >= 0.3 is 5.97 Å². The van der Waals surface area contributed by atoms with Gasteiger partial charge in [0.1, 0.15) is 6.10 Å². The Kier molecular flexibility index (Phi) is 46.0. The normalized spacial score (nSPS) is 12.7. The minimum absolute atomic E-state index is 0.176. The summed E-state index contributed by atoms with van der Waals surface area (Å²) in [4.78, 5) is 12.2. The molecule has 0 fully saturated rings. The van der Waals surface area contributed by atoms with Crippen molar-refractivity contribution in [2.75, 3.05) is 19.8 Å². The third-order valence-electron chi connectivity index (χ3n) is 10.4. The molecule has 1 unspecified atom stereocenters. The van der Waals surface area contributed by atoms with E-state index in [0.717, 1.165) is 57.8 Å². The molecular weight excluding hydrogens is 665 g/mol. The van der Waals surface area contributed by atoms with Gasteiger partial charge in [0.15, 0.2) is 0 Å². The first-order valence-electron chi connectivity index (χ1n) is 23.7. The van der Waals surface area contributed by atoms with Crippen LogP contribution in [-0.2, 0) is 14.3 Å². The summed E-state index contributed by atoms with van der Waals surface area (Å²) in [7, 11) is 0. The van der Waals surface area contributed by atoms with E-state index in [1.807, 2.05) is 0 Å². The molecule has 0 bridgehead atoms. The smallest absolute Gasteiger partial charge is 0.306 e. The van der Waals surface area contributed by atoms with E-state index in [1.54, 1.807) is 0 Å². The number of esters is 1. The number of ether oxygens (including phenoxy) is 2. The molecule has 0 saturated heterocycles. The summed E-state index contributed by atoms with van der Waals surface area (Å²) in [6, 6.07) is 0. The van der Waals surface area contributed by atoms with Gasteiger partial charge in [-0.1, -0.05) is 229 Å². The lowest BCUT2D eigenvalue weighted by atomic mass is 10.0. The van der Waals surface area contributed by atoms with Crippen LogP contribution in [0.15, 0.2) is 48.6 Å². The molecule has 0 heterocycles. The van der Waals surface area contributed by atoms with Crippen molar-refractivity contribution in [3.05, 3.63) is 48.6 Å². The van der Waals surface area contributed by atoms with E-state index in [0.29, 0.717) is 19.6 Å². The van der Waals surface area contributed by atoms with Gasteiger partial charge in [0.25, 0.3) is 0 Å². The molecule has 0 saturated carbocycles. The average Bonchev–Trinajstić information content (AvgIpc) is 3.18. The molecule has 0 aliphatic carbocycles. The minimum atomic E-state index is -0.541. The van der Waals surface area contributed by atoms with Crippen molar-refractivity contribution in [1.29, 1.82) is 0 Å². The molecule has 54 heavy (non-hydrogen) atoms. The van der Waals surface area contributed by atoms with E-state index in [1.165, 1.54) is 161 Å². The molecular formula is C50H92O4. The highest BCUT2D eigenvalue weighted by Crippen LogP contribution is 2.16. The van der Waals surface area contributed by atoms with Crippen LogP contribution in [0.25, 0.3) is 0 Å². The Bertz CT molecular complexity index is 844. The molecule has 0 aliphatic rings. The first-order chi connectivity index (χ1) is 26.7. The van der Waals surface area contributed by atoms with Gasteiger partial charge in [-0.2, -0.15) is 0 Å². The van der Waals surface area contributed by atoms with E-state index in [4.69, 9.17) is 9.47 Å². The van der Waals surface area contributed by atoms with Crippen molar-refractivity contribution in [2.45, 2.75) is 245 Å². The van der Waals surface area contributed by atoms with Crippen LogP contribution in [0.4, 0.5) is 0 Å². The summed E-state index contributed by atoms with van der Waals surface area (Å²) in [5, 5.41) is 9.63. The predicted octanol–water partition coefficient (Wildman–Crippen LogP) is 15.8. The summed E-state index contributed by atoms with van der Waals surface area (Å²) >= 11 is 0. The molecule has 0 rings (SSSR count). The van der Waals surface area contributed by atoms with Crippen molar-refractivity contribution in [3.8, 4) is 0 Å². The lowest BCUT2D eigenvalue weighted by Gasteiger charge is -2.16. The zero-order chi connectivity index (χ0) is 39.1. The summed E-state index contributed by atoms with van der Waals surface area (Å²) in [5.41, 5.74) is 0. The van der Waals surface area contributed by atoms with E-state index in [9.17, 15) is 9.90 Å². The third kappa shape index (κ3) is 44.7. The Labute approximate surface area is 337 Å². The maximum atomic E-state index is 12.2. The van der Waals surface area contributed by atoms with Gasteiger partial charge in [0.05, 0.1) is 13.2 Å². The maximum absolute atomic E-state index is 12.2. The molecule has 0 aliphatic heterocycles. The van der Waals surface area contributed by atoms with Gasteiger partial charge in [-0.25, -0.2) is 0 Å². The third-order valence-corrected chi connectivity index (χ3v) is 10.4. The summed E-state index contributed by atoms with van der Waals surface area (Å²) in [6.45, 7) is 5.25. The molecule has 4 nitrogen and oxygen atoms in total. The van der Waals surface area contributed by atoms with Crippen LogP contribution in [0, 0.1) is 0 Å². The van der Waals surface area contributed by atoms with Crippen LogP contribution >= 0.6 is 0 Å². The Balaban J connectivity index is 3.41. The Morgan fingerprint density at radius 3 is 1.26 bits per heavy atom. The molecule has 0 radical (unpaired) electrons. The number of hydrogen-bond donors (Lipinski definition) is 1. The Morgan fingerprint density at radius 2 is 0.833 bits per heavy atom. The number of allylic oxidation sites excluding steroid dienone is 8. The quantitative estimate of drug-likeness (QED) is 0.0382. The average molecular weight is 757 g/mol. The Hall–Kier alpha value is -1.65. The molecule has 316 valence electrons. The van der Waals surface area contributed by atoms with Crippen LogP contribution in [0.3, 0.4) is 0 Å². The summed E-state index contributed by atoms with van der Waals surface area (Å²) < 4.78 is 11.2.